The van der Waals surface area contributed by atoms with Crippen molar-refractivity contribution >= 4 is 11.9 Å². The van der Waals surface area contributed by atoms with E-state index in [2.05, 4.69) is 20.3 Å². The topological polar surface area (TPSA) is 95.2 Å². The van der Waals surface area contributed by atoms with E-state index in [-0.39, 0.29) is 18.1 Å². The van der Waals surface area contributed by atoms with Gasteiger partial charge in [-0.15, -0.1) is 0 Å². The van der Waals surface area contributed by atoms with Crippen LogP contribution < -0.4 is 15.8 Å². The fraction of sp³-hybridized carbons (Fsp3) is 0.700. The molecular weight excluding hydrogens is 222 g/mol. The van der Waals surface area contributed by atoms with E-state index in [4.69, 9.17) is 15.2 Å². The number of hydrogen-bond donors (Lipinski definition) is 2. The van der Waals surface area contributed by atoms with Gasteiger partial charge in [0.15, 0.2) is 0 Å². The van der Waals surface area contributed by atoms with Gasteiger partial charge in [0.2, 0.25) is 11.9 Å². The minimum atomic E-state index is 0.151. The summed E-state index contributed by atoms with van der Waals surface area (Å²) in [5.74, 6) is 0.578. The van der Waals surface area contributed by atoms with Crippen molar-refractivity contribution in [2.24, 2.45) is 0 Å². The molecule has 0 radical (unpaired) electrons. The maximum atomic E-state index is 5.56. The highest BCUT2D eigenvalue weighted by Crippen LogP contribution is 2.13. The monoisotopic (exact) mass is 239 g/mol. The van der Waals surface area contributed by atoms with E-state index in [9.17, 15) is 0 Å². The quantitative estimate of drug-likeness (QED) is 0.769. The molecule has 0 aliphatic carbocycles. The van der Waals surface area contributed by atoms with Gasteiger partial charge < -0.3 is 20.5 Å². The summed E-state index contributed by atoms with van der Waals surface area (Å²) in [4.78, 5) is 11.9. The van der Waals surface area contributed by atoms with Crippen molar-refractivity contribution in [3.8, 4) is 6.01 Å². The second-order valence-corrected chi connectivity index (χ2v) is 3.75. The lowest BCUT2D eigenvalue weighted by Gasteiger charge is -2.11. The standard InChI is InChI=1S/C10H17N5O2/c1-2-16-10-14-8(11)13-9(15-10)12-6-7-4-3-5-17-7/h7H,2-6H2,1H3,(H3,11,12,13,14,15). The van der Waals surface area contributed by atoms with E-state index >= 15 is 0 Å². The van der Waals surface area contributed by atoms with E-state index in [0.29, 0.717) is 19.1 Å². The average Bonchev–Trinajstić information content (AvgIpc) is 2.79. The van der Waals surface area contributed by atoms with E-state index in [1.54, 1.807) is 0 Å². The molecule has 0 bridgehead atoms. The number of rotatable bonds is 5. The van der Waals surface area contributed by atoms with Gasteiger partial charge >= 0.3 is 6.01 Å². The number of anilines is 2. The molecule has 0 amide bonds. The summed E-state index contributed by atoms with van der Waals surface area (Å²) in [5.41, 5.74) is 5.56. The van der Waals surface area contributed by atoms with Gasteiger partial charge in [-0.3, -0.25) is 0 Å². The van der Waals surface area contributed by atoms with Gasteiger partial charge in [0.1, 0.15) is 0 Å². The lowest BCUT2D eigenvalue weighted by atomic mass is 10.2. The third-order valence-electron chi connectivity index (χ3n) is 2.42. The van der Waals surface area contributed by atoms with Gasteiger partial charge in [-0.2, -0.15) is 15.0 Å². The van der Waals surface area contributed by atoms with E-state index in [1.807, 2.05) is 6.92 Å². The maximum Gasteiger partial charge on any atom is 0.323 e. The molecular formula is C10H17N5O2. The second-order valence-electron chi connectivity index (χ2n) is 3.75. The fourth-order valence-electron chi connectivity index (χ4n) is 1.66. The second kappa shape index (κ2) is 5.62. The molecule has 7 heteroatoms. The predicted octanol–water partition coefficient (Wildman–Crippen LogP) is 0.443. The van der Waals surface area contributed by atoms with Crippen molar-refractivity contribution in [2.45, 2.75) is 25.9 Å². The Morgan fingerprint density at radius 2 is 2.35 bits per heavy atom. The van der Waals surface area contributed by atoms with E-state index in [1.165, 1.54) is 0 Å². The number of nitrogens with one attached hydrogen (secondary N) is 1. The molecule has 1 saturated heterocycles. The van der Waals surface area contributed by atoms with Crippen molar-refractivity contribution in [3.63, 3.8) is 0 Å². The average molecular weight is 239 g/mol. The Bertz CT molecular complexity index is 368. The molecule has 0 aromatic carbocycles. The lowest BCUT2D eigenvalue weighted by Crippen LogP contribution is -2.20. The zero-order valence-electron chi connectivity index (χ0n) is 9.85. The Kier molecular flexibility index (Phi) is 3.92. The van der Waals surface area contributed by atoms with Crippen LogP contribution in [0.4, 0.5) is 11.9 Å². The highest BCUT2D eigenvalue weighted by molar-refractivity contribution is 5.32. The first-order valence-corrected chi connectivity index (χ1v) is 5.77. The predicted molar refractivity (Wildman–Crippen MR) is 62.9 cm³/mol. The molecule has 94 valence electrons. The first-order chi connectivity index (χ1) is 8.28. The van der Waals surface area contributed by atoms with Crippen LogP contribution in [0.1, 0.15) is 19.8 Å². The number of nitrogens with two attached hydrogens (primary N) is 1. The molecule has 0 spiro atoms. The third kappa shape index (κ3) is 3.42. The number of aromatic nitrogens is 3. The highest BCUT2D eigenvalue weighted by Gasteiger charge is 2.15. The molecule has 1 atom stereocenters. The normalized spacial score (nSPS) is 19.2. The number of hydrogen-bond acceptors (Lipinski definition) is 7. The molecule has 2 heterocycles. The summed E-state index contributed by atoms with van der Waals surface area (Å²) in [5, 5.41) is 3.08. The smallest absolute Gasteiger partial charge is 0.323 e. The Hall–Kier alpha value is -1.63. The molecule has 1 aliphatic heterocycles. The molecule has 7 nitrogen and oxygen atoms in total. The number of ether oxygens (including phenoxy) is 2. The van der Waals surface area contributed by atoms with Crippen molar-refractivity contribution in [1.29, 1.82) is 0 Å². The Labute approximate surface area is 99.8 Å². The van der Waals surface area contributed by atoms with Gasteiger partial charge in [0.25, 0.3) is 0 Å². The van der Waals surface area contributed by atoms with Crippen molar-refractivity contribution < 1.29 is 9.47 Å². The van der Waals surface area contributed by atoms with Gasteiger partial charge in [-0.05, 0) is 19.8 Å². The first-order valence-electron chi connectivity index (χ1n) is 5.77. The minimum absolute atomic E-state index is 0.151. The van der Waals surface area contributed by atoms with Crippen molar-refractivity contribution in [1.82, 2.24) is 15.0 Å². The third-order valence-corrected chi connectivity index (χ3v) is 2.42. The van der Waals surface area contributed by atoms with Crippen LogP contribution in [0.5, 0.6) is 6.01 Å². The highest BCUT2D eigenvalue weighted by atomic mass is 16.5. The lowest BCUT2D eigenvalue weighted by molar-refractivity contribution is 0.120. The maximum absolute atomic E-state index is 5.56. The molecule has 1 aliphatic rings. The summed E-state index contributed by atoms with van der Waals surface area (Å²) in [6.45, 7) is 3.86. The Morgan fingerprint density at radius 1 is 1.47 bits per heavy atom. The van der Waals surface area contributed by atoms with Crippen LogP contribution >= 0.6 is 0 Å². The summed E-state index contributed by atoms with van der Waals surface area (Å²) in [7, 11) is 0. The Balaban J connectivity index is 1.94. The van der Waals surface area contributed by atoms with Crippen LogP contribution in [-0.2, 0) is 4.74 Å². The Morgan fingerprint density at radius 3 is 3.06 bits per heavy atom. The molecule has 1 aromatic heterocycles. The summed E-state index contributed by atoms with van der Waals surface area (Å²) >= 11 is 0. The van der Waals surface area contributed by atoms with Gasteiger partial charge in [-0.25, -0.2) is 0 Å². The minimum Gasteiger partial charge on any atom is -0.464 e. The van der Waals surface area contributed by atoms with Crippen LogP contribution in [0.2, 0.25) is 0 Å². The van der Waals surface area contributed by atoms with Crippen LogP contribution in [0.25, 0.3) is 0 Å². The van der Waals surface area contributed by atoms with Crippen LogP contribution in [0.3, 0.4) is 0 Å². The van der Waals surface area contributed by atoms with Crippen LogP contribution in [0, 0.1) is 0 Å². The summed E-state index contributed by atoms with van der Waals surface area (Å²) in [6.07, 6.45) is 2.39. The SMILES string of the molecule is CCOc1nc(N)nc(NCC2CCCO2)n1. The summed E-state index contributed by atoms with van der Waals surface area (Å²) < 4.78 is 10.7. The fourth-order valence-corrected chi connectivity index (χ4v) is 1.66. The zero-order chi connectivity index (χ0) is 12.1. The molecule has 0 saturated carbocycles. The van der Waals surface area contributed by atoms with Gasteiger partial charge in [-0.1, -0.05) is 0 Å². The molecule has 2 rings (SSSR count). The van der Waals surface area contributed by atoms with Crippen molar-refractivity contribution in [3.05, 3.63) is 0 Å². The molecule has 3 N–H and O–H groups in total. The zero-order valence-corrected chi connectivity index (χ0v) is 9.85. The van der Waals surface area contributed by atoms with Crippen molar-refractivity contribution in [2.75, 3.05) is 30.8 Å². The summed E-state index contributed by atoms with van der Waals surface area (Å²) in [6, 6.07) is 0.245. The van der Waals surface area contributed by atoms with E-state index < -0.39 is 0 Å². The van der Waals surface area contributed by atoms with Crippen LogP contribution in [-0.4, -0.2) is 40.8 Å². The van der Waals surface area contributed by atoms with Gasteiger partial charge in [0.05, 0.1) is 12.7 Å². The number of nitrogen functional groups attached to an aromatic ring is 1. The first kappa shape index (κ1) is 11.8. The van der Waals surface area contributed by atoms with E-state index in [0.717, 1.165) is 19.4 Å². The number of nitrogens with zero attached hydrogens (tertiary/aromatic N) is 3. The van der Waals surface area contributed by atoms with Crippen LogP contribution in [0.15, 0.2) is 0 Å². The molecule has 1 aromatic rings. The molecule has 17 heavy (non-hydrogen) atoms. The molecule has 1 unspecified atom stereocenters. The van der Waals surface area contributed by atoms with Gasteiger partial charge in [0, 0.05) is 13.2 Å². The molecule has 1 fully saturated rings. The largest absolute Gasteiger partial charge is 0.464 e.